The Morgan fingerprint density at radius 1 is 1.64 bits per heavy atom. The molecule has 9 nitrogen and oxygen atoms in total. The third kappa shape index (κ3) is 4.36. The second-order valence-corrected chi connectivity index (χ2v) is 4.58. The summed E-state index contributed by atoms with van der Waals surface area (Å²) in [7, 11) is -5.76. The fourth-order valence-corrected chi connectivity index (χ4v) is 1.77. The molecule has 28 heavy (non-hydrogen) atoms. The van der Waals surface area contributed by atoms with Crippen molar-refractivity contribution in [3.63, 3.8) is 0 Å². The average molecular weight is 416 g/mol. The number of nitrogens with zero attached hydrogens (tertiary/aromatic N) is 3. The lowest BCUT2D eigenvalue weighted by Crippen LogP contribution is -2.36. The monoisotopic (exact) mass is 415 g/mol. The largest absolute Gasteiger partial charge is 0.493 e. The fraction of sp³-hybridized carbons (Fsp3) is 0.526. The van der Waals surface area contributed by atoms with E-state index >= 15 is 0 Å². The molecular formula is C19H27N5O4. The minimum absolute atomic E-state index is 0.468. The molecular weight excluding hydrogens is 362 g/mol. The van der Waals surface area contributed by atoms with Gasteiger partial charge in [-0.3, -0.25) is 4.79 Å². The van der Waals surface area contributed by atoms with Crippen LogP contribution >= 0.6 is 0 Å². The summed E-state index contributed by atoms with van der Waals surface area (Å²) >= 11 is 0. The van der Waals surface area contributed by atoms with Gasteiger partial charge in [0.25, 0.3) is 0 Å². The number of ether oxygens (including phenoxy) is 3. The molecule has 0 aliphatic carbocycles. The maximum absolute atomic E-state index is 13.3. The minimum atomic E-state index is -4.61. The number of methoxy groups -OCH3 is 2. The van der Waals surface area contributed by atoms with E-state index in [1.807, 2.05) is 0 Å². The number of nitrogens with two attached hydrogens (primary N) is 1. The second-order valence-electron chi connectivity index (χ2n) is 4.58. The Kier molecular flexibility index (Phi) is 1.66. The van der Waals surface area contributed by atoms with Crippen molar-refractivity contribution < 1.29 is 54.8 Å². The van der Waals surface area contributed by atoms with E-state index in [0.29, 0.717) is 0 Å². The van der Waals surface area contributed by atoms with Crippen LogP contribution < -0.4 is 25.4 Å². The molecule has 9 heteroatoms. The molecule has 2 heterocycles. The third-order valence-corrected chi connectivity index (χ3v) is 2.93. The van der Waals surface area contributed by atoms with Gasteiger partial charge in [0.15, 0.2) is 15.7 Å². The van der Waals surface area contributed by atoms with Crippen molar-refractivity contribution in [1.29, 1.82) is 0 Å². The number of nitrogen functional groups attached to an aromatic ring is 1. The Bertz CT molecular complexity index is 1800. The molecule has 2 aromatic rings. The molecule has 1 amide bonds. The Morgan fingerprint density at radius 2 is 2.57 bits per heavy atom. The first-order valence-corrected chi connectivity index (χ1v) is 6.95. The van der Waals surface area contributed by atoms with Crippen LogP contribution in [0.3, 0.4) is 0 Å². The summed E-state index contributed by atoms with van der Waals surface area (Å²) in [6.45, 7) is -16.9. The van der Waals surface area contributed by atoms with E-state index < -0.39 is 134 Å². The number of hydrogen-bond donors (Lipinski definition) is 2. The molecule has 0 radical (unpaired) electrons. The molecule has 1 aliphatic rings. The highest BCUT2D eigenvalue weighted by Gasteiger charge is 2.22. The van der Waals surface area contributed by atoms with Gasteiger partial charge in [-0.2, -0.15) is 4.98 Å². The Morgan fingerprint density at radius 3 is 3.32 bits per heavy atom. The zero-order chi connectivity index (χ0) is 42.5. The van der Waals surface area contributed by atoms with Crippen molar-refractivity contribution in [3.05, 3.63) is 12.1 Å². The van der Waals surface area contributed by atoms with Crippen molar-refractivity contribution >= 4 is 28.6 Å². The highest BCUT2D eigenvalue weighted by molar-refractivity contribution is 5.91. The predicted molar refractivity (Wildman–Crippen MR) is 107 cm³/mol. The normalized spacial score (nSPS) is 40.2. The van der Waals surface area contributed by atoms with Crippen molar-refractivity contribution in [2.24, 2.45) is 0 Å². The number of anilines is 2. The number of amides is 1. The molecule has 3 rings (SSSR count). The summed E-state index contributed by atoms with van der Waals surface area (Å²) in [4.78, 5) is 19.7. The Balaban J connectivity index is 2.36. The number of carbonyl (C=O) groups excluding carboxylic acids is 1. The SMILES string of the molecule is [2H]c1c(OC([2H])([2H])[2H])c(OC([2H])[2H])c([2H])c2c(N([2H])[2H])nc(N(C([2H])([2H])[2H])C([2H])([2H])C([2H])([2H])C([2H])([2H])N([2H])C(=O)C3([2H])OC([2H])([2H])C([2H])([2H])C3([2H])[2H])nc12. The molecule has 1 atom stereocenters. The Labute approximate surface area is 200 Å². The van der Waals surface area contributed by atoms with Gasteiger partial charge in [-0.25, -0.2) is 4.98 Å². The first kappa shape index (κ1) is 5.21. The lowest BCUT2D eigenvalue weighted by atomic mass is 10.2. The van der Waals surface area contributed by atoms with E-state index in [4.69, 9.17) is 45.2 Å². The number of rotatable bonds is 9. The molecule has 1 aromatic carbocycles. The van der Waals surface area contributed by atoms with E-state index in [0.717, 1.165) is 0 Å². The van der Waals surface area contributed by atoms with Gasteiger partial charge in [-0.05, 0) is 25.2 Å². The number of hydrogen-bond acceptors (Lipinski definition) is 8. The van der Waals surface area contributed by atoms with Gasteiger partial charge >= 0.3 is 0 Å². The number of carbonyl (C=O) groups is 1. The Hall–Kier alpha value is -2.81. The molecule has 3 N–H and O–H groups in total. The van der Waals surface area contributed by atoms with Crippen LogP contribution in [0.1, 0.15) is 50.6 Å². The predicted octanol–water partition coefficient (Wildman–Crippen LogP) is 1.35. The van der Waals surface area contributed by atoms with Gasteiger partial charge < -0.3 is 30.1 Å². The number of nitrogens with one attached hydrogen (secondary N) is 1. The first-order chi connectivity index (χ1) is 23.8. The van der Waals surface area contributed by atoms with Gasteiger partial charge in [-0.1, -0.05) is 0 Å². The summed E-state index contributed by atoms with van der Waals surface area (Å²) < 4.78 is 221. The van der Waals surface area contributed by atoms with Gasteiger partial charge in [0.2, 0.25) is 11.9 Å². The summed E-state index contributed by atoms with van der Waals surface area (Å²) in [6, 6.07) is -2.43. The van der Waals surface area contributed by atoms with Crippen LogP contribution in [0.25, 0.3) is 10.9 Å². The fourth-order valence-electron chi connectivity index (χ4n) is 1.77. The lowest BCUT2D eigenvalue weighted by molar-refractivity contribution is -0.130. The maximum Gasteiger partial charge on any atom is 0.249 e. The summed E-state index contributed by atoms with van der Waals surface area (Å²) in [6.07, 6.45) is -16.7. The van der Waals surface area contributed by atoms with Crippen molar-refractivity contribution in [2.45, 2.75) is 25.2 Å². The van der Waals surface area contributed by atoms with Crippen LogP contribution in [0.15, 0.2) is 12.1 Å². The smallest absolute Gasteiger partial charge is 0.249 e. The quantitative estimate of drug-likeness (QED) is 0.631. The number of aromatic nitrogens is 2. The molecule has 0 bridgehead atoms. The van der Waals surface area contributed by atoms with Crippen molar-refractivity contribution in [3.8, 4) is 11.5 Å². The van der Waals surface area contributed by atoms with Crippen LogP contribution in [-0.4, -0.2) is 62.6 Å². The molecule has 0 saturated carbocycles. The topological polar surface area (TPSA) is 112 Å². The van der Waals surface area contributed by atoms with E-state index in [1.54, 1.807) is 0 Å². The first-order valence-electron chi connectivity index (χ1n) is 19.9. The van der Waals surface area contributed by atoms with Crippen LogP contribution in [0, 0.1) is 0 Å². The third-order valence-electron chi connectivity index (χ3n) is 2.93. The molecule has 1 unspecified atom stereocenters. The van der Waals surface area contributed by atoms with Crippen molar-refractivity contribution in [2.75, 3.05) is 51.2 Å². The number of benzene rings is 1. The van der Waals surface area contributed by atoms with Crippen molar-refractivity contribution in [1.82, 2.24) is 15.3 Å². The van der Waals surface area contributed by atoms with E-state index in [9.17, 15) is 4.79 Å². The zero-order valence-corrected chi connectivity index (χ0v) is 13.4. The van der Waals surface area contributed by atoms with Crippen LogP contribution in [-0.2, 0) is 9.53 Å². The van der Waals surface area contributed by atoms with Gasteiger partial charge in [-0.15, -0.1) is 0 Å². The van der Waals surface area contributed by atoms with Crippen LogP contribution in [0.4, 0.5) is 11.8 Å². The van der Waals surface area contributed by atoms with Crippen LogP contribution in [0.2, 0.25) is 4.24 Å². The summed E-state index contributed by atoms with van der Waals surface area (Å²) in [5.74, 6) is -7.86. The van der Waals surface area contributed by atoms with E-state index in [1.165, 1.54) is 0 Å². The summed E-state index contributed by atoms with van der Waals surface area (Å²) in [5.41, 5.74) is -1.59. The molecule has 1 fully saturated rings. The lowest BCUT2D eigenvalue weighted by Gasteiger charge is -2.19. The highest BCUT2D eigenvalue weighted by Crippen LogP contribution is 2.33. The van der Waals surface area contributed by atoms with E-state index in [2.05, 4.69) is 14.7 Å². The second kappa shape index (κ2) is 8.92. The van der Waals surface area contributed by atoms with Crippen LogP contribution in [0.5, 0.6) is 11.5 Å². The number of fused-ring (bicyclic) bond motifs is 1. The molecule has 152 valence electrons. The summed E-state index contributed by atoms with van der Waals surface area (Å²) in [5, 5.41) is -2.16. The van der Waals surface area contributed by atoms with Gasteiger partial charge in [0.05, 0.1) is 33.3 Å². The minimum Gasteiger partial charge on any atom is -0.493 e. The average Bonchev–Trinajstić information content (AvgIpc) is 3.07. The maximum atomic E-state index is 13.3. The zero-order valence-electron chi connectivity index (χ0n) is 39.4. The van der Waals surface area contributed by atoms with Gasteiger partial charge in [0, 0.05) is 55.8 Å². The molecule has 1 aromatic heterocycles. The molecule has 0 spiro atoms. The van der Waals surface area contributed by atoms with Gasteiger partial charge in [0.1, 0.15) is 11.9 Å². The standard InChI is InChI=1S/C19H27N5O4/c1-24(8-5-7-21-18(25)14-6-4-9-28-14)19-22-13-11-16(27-3)15(26-2)10-12(13)17(20)23-19/h10-11,14H,4-9H2,1-3H3,(H,21,25)(H2,20,22,23)/i1D3,2D2,3D3,4D2,5D2,6D2,7D2,8D2,9D2,10D,11D,14D/hD3. The molecule has 1 saturated heterocycles. The molecule has 1 aliphatic heterocycles. The highest BCUT2D eigenvalue weighted by atomic mass is 16.5. The van der Waals surface area contributed by atoms with E-state index in [-0.39, 0.29) is 0 Å².